The topological polar surface area (TPSA) is 58.6 Å². The number of hydrogen-bond acceptors (Lipinski definition) is 3. The quantitative estimate of drug-likeness (QED) is 0.742. The lowest BCUT2D eigenvalue weighted by Gasteiger charge is -2.17. The maximum Gasteiger partial charge on any atom is 0.229 e. The molecule has 1 aliphatic rings. The highest BCUT2D eigenvalue weighted by Gasteiger charge is 2.35. The van der Waals surface area contributed by atoms with Crippen molar-refractivity contribution in [2.45, 2.75) is 6.42 Å². The number of ether oxygens (including phenoxy) is 1. The number of methoxy groups -OCH3 is 1. The predicted octanol–water partition coefficient (Wildman–Crippen LogP) is 4.65. The van der Waals surface area contributed by atoms with E-state index in [0.717, 1.165) is 5.69 Å². The van der Waals surface area contributed by atoms with E-state index in [2.05, 4.69) is 5.32 Å². The van der Waals surface area contributed by atoms with Crippen LogP contribution in [0.15, 0.2) is 36.4 Å². The minimum atomic E-state index is -0.491. The first-order valence-corrected chi connectivity index (χ1v) is 8.92. The van der Waals surface area contributed by atoms with Gasteiger partial charge >= 0.3 is 0 Å². The number of hydrogen-bond donors (Lipinski definition) is 1. The molecule has 1 fully saturated rings. The first-order valence-electron chi connectivity index (χ1n) is 7.79. The Balaban J connectivity index is 1.71. The molecule has 26 heavy (non-hydrogen) atoms. The second-order valence-corrected chi connectivity index (χ2v) is 7.06. The zero-order valence-electron chi connectivity index (χ0n) is 13.8. The van der Waals surface area contributed by atoms with Gasteiger partial charge in [-0.05, 0) is 36.4 Å². The van der Waals surface area contributed by atoms with Crippen LogP contribution in [0.2, 0.25) is 15.1 Å². The van der Waals surface area contributed by atoms with Gasteiger partial charge < -0.3 is 15.0 Å². The van der Waals surface area contributed by atoms with Gasteiger partial charge in [-0.1, -0.05) is 34.8 Å². The predicted molar refractivity (Wildman–Crippen MR) is 104 cm³/mol. The van der Waals surface area contributed by atoms with Crippen LogP contribution < -0.4 is 15.0 Å². The first kappa shape index (κ1) is 18.8. The second-order valence-electron chi connectivity index (χ2n) is 5.84. The van der Waals surface area contributed by atoms with Crippen molar-refractivity contribution in [2.75, 3.05) is 23.9 Å². The Morgan fingerprint density at radius 1 is 1.12 bits per heavy atom. The number of anilines is 2. The van der Waals surface area contributed by atoms with Crippen molar-refractivity contribution in [2.24, 2.45) is 5.92 Å². The van der Waals surface area contributed by atoms with Crippen LogP contribution >= 0.6 is 34.8 Å². The summed E-state index contributed by atoms with van der Waals surface area (Å²) in [5.41, 5.74) is 1.08. The largest absolute Gasteiger partial charge is 0.497 e. The van der Waals surface area contributed by atoms with Crippen LogP contribution in [0.4, 0.5) is 11.4 Å². The van der Waals surface area contributed by atoms with Crippen molar-refractivity contribution in [1.29, 1.82) is 0 Å². The standard InChI is InChI=1S/C18H15Cl3N2O3/c1-26-12-4-2-11(3-5-12)23-9-10(6-17(23)24)18(25)22-16-8-14(20)13(19)7-15(16)21/h2-5,7-8,10H,6,9H2,1H3,(H,22,25). The lowest BCUT2D eigenvalue weighted by Crippen LogP contribution is -2.28. The van der Waals surface area contributed by atoms with Gasteiger partial charge in [0.15, 0.2) is 0 Å². The first-order chi connectivity index (χ1) is 12.4. The molecule has 2 amide bonds. The Bertz CT molecular complexity index is 856. The summed E-state index contributed by atoms with van der Waals surface area (Å²) >= 11 is 17.9. The number of benzene rings is 2. The summed E-state index contributed by atoms with van der Waals surface area (Å²) in [7, 11) is 1.57. The summed E-state index contributed by atoms with van der Waals surface area (Å²) in [6.45, 7) is 0.288. The maximum atomic E-state index is 12.5. The van der Waals surface area contributed by atoms with E-state index in [0.29, 0.717) is 16.5 Å². The highest BCUT2D eigenvalue weighted by Crippen LogP contribution is 2.33. The van der Waals surface area contributed by atoms with Gasteiger partial charge in [0.05, 0.1) is 33.8 Å². The van der Waals surface area contributed by atoms with Crippen molar-refractivity contribution in [3.8, 4) is 5.75 Å². The Morgan fingerprint density at radius 2 is 1.77 bits per heavy atom. The minimum absolute atomic E-state index is 0.115. The van der Waals surface area contributed by atoms with Crippen molar-refractivity contribution < 1.29 is 14.3 Å². The molecule has 0 radical (unpaired) electrons. The summed E-state index contributed by atoms with van der Waals surface area (Å²) < 4.78 is 5.11. The van der Waals surface area contributed by atoms with Gasteiger partial charge in [-0.2, -0.15) is 0 Å². The highest BCUT2D eigenvalue weighted by atomic mass is 35.5. The molecule has 2 aromatic rings. The van der Waals surface area contributed by atoms with Gasteiger partial charge in [0, 0.05) is 18.7 Å². The summed E-state index contributed by atoms with van der Waals surface area (Å²) in [6.07, 6.45) is 0.122. The zero-order valence-corrected chi connectivity index (χ0v) is 16.0. The third-order valence-electron chi connectivity index (χ3n) is 4.15. The molecule has 136 valence electrons. The minimum Gasteiger partial charge on any atom is -0.497 e. The van der Waals surface area contributed by atoms with Gasteiger partial charge in [-0.15, -0.1) is 0 Å². The molecule has 2 aromatic carbocycles. The molecule has 5 nitrogen and oxygen atoms in total. The van der Waals surface area contributed by atoms with E-state index in [1.165, 1.54) is 12.1 Å². The van der Waals surface area contributed by atoms with E-state index >= 15 is 0 Å². The molecule has 0 aliphatic carbocycles. The monoisotopic (exact) mass is 412 g/mol. The van der Waals surface area contributed by atoms with E-state index in [-0.39, 0.29) is 34.8 Å². The molecule has 3 rings (SSSR count). The number of nitrogens with zero attached hydrogens (tertiary/aromatic N) is 1. The SMILES string of the molecule is COc1ccc(N2CC(C(=O)Nc3cc(Cl)c(Cl)cc3Cl)CC2=O)cc1. The van der Waals surface area contributed by atoms with Crippen molar-refractivity contribution >= 4 is 58.0 Å². The normalized spacial score (nSPS) is 16.7. The van der Waals surface area contributed by atoms with Crippen molar-refractivity contribution in [1.82, 2.24) is 0 Å². The van der Waals surface area contributed by atoms with Crippen LogP contribution in [0.1, 0.15) is 6.42 Å². The molecule has 0 spiro atoms. The van der Waals surface area contributed by atoms with E-state index in [1.54, 1.807) is 36.3 Å². The van der Waals surface area contributed by atoms with Crippen LogP contribution in [0.25, 0.3) is 0 Å². The smallest absolute Gasteiger partial charge is 0.229 e. The summed E-state index contributed by atoms with van der Waals surface area (Å²) in [5, 5.41) is 3.59. The van der Waals surface area contributed by atoms with Crippen LogP contribution in [0.5, 0.6) is 5.75 Å². The molecular formula is C18H15Cl3N2O3. The number of nitrogens with one attached hydrogen (secondary N) is 1. The molecule has 0 saturated carbocycles. The fraction of sp³-hybridized carbons (Fsp3) is 0.222. The Labute approximate surface area is 165 Å². The molecule has 1 heterocycles. The molecular weight excluding hydrogens is 399 g/mol. The average Bonchev–Trinajstić information content (AvgIpc) is 3.01. The molecule has 8 heteroatoms. The fourth-order valence-electron chi connectivity index (χ4n) is 2.75. The summed E-state index contributed by atoms with van der Waals surface area (Å²) in [6, 6.07) is 10.1. The van der Waals surface area contributed by atoms with Crippen molar-refractivity contribution in [3.63, 3.8) is 0 Å². The van der Waals surface area contributed by atoms with Gasteiger partial charge in [0.25, 0.3) is 0 Å². The van der Waals surface area contributed by atoms with Gasteiger partial charge in [-0.3, -0.25) is 9.59 Å². The average molecular weight is 414 g/mol. The Kier molecular flexibility index (Phi) is 5.61. The fourth-order valence-corrected chi connectivity index (χ4v) is 3.34. The summed E-state index contributed by atoms with van der Waals surface area (Å²) in [4.78, 5) is 26.4. The van der Waals surface area contributed by atoms with Gasteiger partial charge in [0.1, 0.15) is 5.75 Å². The number of carbonyl (C=O) groups is 2. The van der Waals surface area contributed by atoms with Gasteiger partial charge in [-0.25, -0.2) is 0 Å². The highest BCUT2D eigenvalue weighted by molar-refractivity contribution is 6.44. The zero-order chi connectivity index (χ0) is 18.8. The van der Waals surface area contributed by atoms with E-state index < -0.39 is 5.92 Å². The lowest BCUT2D eigenvalue weighted by molar-refractivity contribution is -0.122. The second kappa shape index (κ2) is 7.74. The van der Waals surface area contributed by atoms with Crippen LogP contribution in [-0.4, -0.2) is 25.5 Å². The van der Waals surface area contributed by atoms with Crippen molar-refractivity contribution in [3.05, 3.63) is 51.5 Å². The number of halogens is 3. The molecule has 0 aromatic heterocycles. The Morgan fingerprint density at radius 3 is 2.42 bits per heavy atom. The molecule has 1 saturated heterocycles. The van der Waals surface area contributed by atoms with E-state index in [1.807, 2.05) is 0 Å². The van der Waals surface area contributed by atoms with Crippen LogP contribution in [-0.2, 0) is 9.59 Å². The van der Waals surface area contributed by atoms with Crippen LogP contribution in [0.3, 0.4) is 0 Å². The molecule has 1 atom stereocenters. The summed E-state index contributed by atoms with van der Waals surface area (Å²) in [5.74, 6) is -0.204. The molecule has 1 N–H and O–H groups in total. The molecule has 1 aliphatic heterocycles. The van der Waals surface area contributed by atoms with E-state index in [9.17, 15) is 9.59 Å². The third-order valence-corrected chi connectivity index (χ3v) is 5.18. The number of amides is 2. The Hall–Kier alpha value is -1.95. The lowest BCUT2D eigenvalue weighted by atomic mass is 10.1. The van der Waals surface area contributed by atoms with Crippen LogP contribution in [0, 0.1) is 5.92 Å². The maximum absolute atomic E-state index is 12.5. The third kappa shape index (κ3) is 3.90. The van der Waals surface area contributed by atoms with E-state index in [4.69, 9.17) is 39.5 Å². The molecule has 0 bridgehead atoms. The molecule has 1 unspecified atom stereocenters. The number of carbonyl (C=O) groups excluding carboxylic acids is 2. The van der Waals surface area contributed by atoms with Gasteiger partial charge in [0.2, 0.25) is 11.8 Å². The number of rotatable bonds is 4.